The molecule has 0 radical (unpaired) electrons. The highest BCUT2D eigenvalue weighted by atomic mass is 19.2. The van der Waals surface area contributed by atoms with Crippen LogP contribution in [0.25, 0.3) is 0 Å². The number of nitrogens with one attached hydrogen (secondary N) is 2. The molecule has 0 aliphatic heterocycles. The molecule has 0 fully saturated rings. The lowest BCUT2D eigenvalue weighted by atomic mass is 10.00. The molecule has 0 saturated heterocycles. The zero-order chi connectivity index (χ0) is 16.9. The molecule has 0 spiro atoms. The minimum Gasteiger partial charge on any atom is -0.380 e. The molecular formula is C14H17F3N2O3. The number of hydrogen-bond acceptors (Lipinski definition) is 3. The first-order chi connectivity index (χ1) is 10.2. The van der Waals surface area contributed by atoms with Crippen molar-refractivity contribution in [2.24, 2.45) is 0 Å². The van der Waals surface area contributed by atoms with Gasteiger partial charge in [-0.3, -0.25) is 9.59 Å². The molecule has 2 amide bonds. The van der Waals surface area contributed by atoms with E-state index in [0.717, 1.165) is 6.07 Å². The van der Waals surface area contributed by atoms with Crippen molar-refractivity contribution in [2.75, 3.05) is 11.9 Å². The first-order valence-corrected chi connectivity index (χ1v) is 6.63. The SMILES string of the molecule is CCC[C@](C)(O)C(=O)NCC(=O)Nc1ccc(F)c(F)c1F. The van der Waals surface area contributed by atoms with E-state index < -0.39 is 47.1 Å². The van der Waals surface area contributed by atoms with E-state index in [1.807, 2.05) is 5.32 Å². The number of carbonyl (C=O) groups is 2. The Balaban J connectivity index is 2.61. The summed E-state index contributed by atoms with van der Waals surface area (Å²) >= 11 is 0. The number of rotatable bonds is 6. The van der Waals surface area contributed by atoms with Gasteiger partial charge in [0.1, 0.15) is 5.60 Å². The van der Waals surface area contributed by atoms with E-state index in [9.17, 15) is 27.9 Å². The predicted octanol–water partition coefficient (Wildman–Crippen LogP) is 1.71. The van der Waals surface area contributed by atoms with Crippen molar-refractivity contribution >= 4 is 17.5 Å². The first-order valence-electron chi connectivity index (χ1n) is 6.63. The number of hydrogen-bond donors (Lipinski definition) is 3. The van der Waals surface area contributed by atoms with E-state index in [1.54, 1.807) is 6.92 Å². The lowest BCUT2D eigenvalue weighted by molar-refractivity contribution is -0.139. The maximum atomic E-state index is 13.4. The molecule has 0 bridgehead atoms. The van der Waals surface area contributed by atoms with Crippen LogP contribution in [0.5, 0.6) is 0 Å². The van der Waals surface area contributed by atoms with E-state index in [0.29, 0.717) is 12.5 Å². The topological polar surface area (TPSA) is 78.4 Å². The van der Waals surface area contributed by atoms with Gasteiger partial charge >= 0.3 is 0 Å². The molecular weight excluding hydrogens is 301 g/mol. The van der Waals surface area contributed by atoms with Crippen LogP contribution in [0.4, 0.5) is 18.9 Å². The number of anilines is 1. The van der Waals surface area contributed by atoms with Gasteiger partial charge in [-0.15, -0.1) is 0 Å². The Morgan fingerprint density at radius 3 is 2.45 bits per heavy atom. The minimum atomic E-state index is -1.70. The average Bonchev–Trinajstić information content (AvgIpc) is 2.45. The van der Waals surface area contributed by atoms with Crippen LogP contribution in [-0.4, -0.2) is 29.1 Å². The monoisotopic (exact) mass is 318 g/mol. The zero-order valence-corrected chi connectivity index (χ0v) is 12.2. The molecule has 122 valence electrons. The van der Waals surface area contributed by atoms with Crippen molar-refractivity contribution in [3.63, 3.8) is 0 Å². The Bertz CT molecular complexity index is 577. The van der Waals surface area contributed by atoms with Gasteiger partial charge < -0.3 is 15.7 Å². The van der Waals surface area contributed by atoms with Gasteiger partial charge in [-0.1, -0.05) is 13.3 Å². The van der Waals surface area contributed by atoms with Gasteiger partial charge in [0.25, 0.3) is 5.91 Å². The van der Waals surface area contributed by atoms with Crippen LogP contribution in [0.1, 0.15) is 26.7 Å². The third-order valence-corrected chi connectivity index (χ3v) is 2.94. The largest absolute Gasteiger partial charge is 0.380 e. The second-order valence-electron chi connectivity index (χ2n) is 4.98. The Hall–Kier alpha value is -2.09. The molecule has 0 aromatic heterocycles. The van der Waals surface area contributed by atoms with Crippen molar-refractivity contribution in [3.8, 4) is 0 Å². The second kappa shape index (κ2) is 7.26. The molecule has 5 nitrogen and oxygen atoms in total. The molecule has 22 heavy (non-hydrogen) atoms. The van der Waals surface area contributed by atoms with Gasteiger partial charge in [-0.2, -0.15) is 0 Å². The highest BCUT2D eigenvalue weighted by Crippen LogP contribution is 2.19. The summed E-state index contributed by atoms with van der Waals surface area (Å²) in [7, 11) is 0. The fourth-order valence-electron chi connectivity index (χ4n) is 1.77. The third-order valence-electron chi connectivity index (χ3n) is 2.94. The number of aliphatic hydroxyl groups is 1. The van der Waals surface area contributed by atoms with Crippen LogP contribution < -0.4 is 10.6 Å². The van der Waals surface area contributed by atoms with Crippen molar-refractivity contribution in [1.82, 2.24) is 5.32 Å². The lowest BCUT2D eigenvalue weighted by Crippen LogP contribution is -2.46. The van der Waals surface area contributed by atoms with Crippen molar-refractivity contribution in [3.05, 3.63) is 29.6 Å². The van der Waals surface area contributed by atoms with Gasteiger partial charge in [0.05, 0.1) is 12.2 Å². The van der Waals surface area contributed by atoms with Crippen molar-refractivity contribution < 1.29 is 27.9 Å². The summed E-state index contributed by atoms with van der Waals surface area (Å²) in [6.45, 7) is 2.54. The van der Waals surface area contributed by atoms with Crippen molar-refractivity contribution in [1.29, 1.82) is 0 Å². The predicted molar refractivity (Wildman–Crippen MR) is 73.5 cm³/mol. The van der Waals surface area contributed by atoms with E-state index in [-0.39, 0.29) is 6.42 Å². The number of halogens is 3. The van der Waals surface area contributed by atoms with Crippen LogP contribution in [0, 0.1) is 17.5 Å². The molecule has 1 aromatic rings. The minimum absolute atomic E-state index is 0.207. The lowest BCUT2D eigenvalue weighted by Gasteiger charge is -2.21. The molecule has 0 unspecified atom stereocenters. The van der Waals surface area contributed by atoms with E-state index in [4.69, 9.17) is 0 Å². The molecule has 8 heteroatoms. The first kappa shape index (κ1) is 18.0. The van der Waals surface area contributed by atoms with Crippen LogP contribution in [-0.2, 0) is 9.59 Å². The fraction of sp³-hybridized carbons (Fsp3) is 0.429. The Morgan fingerprint density at radius 2 is 1.86 bits per heavy atom. The summed E-state index contributed by atoms with van der Waals surface area (Å²) < 4.78 is 39.1. The van der Waals surface area contributed by atoms with Gasteiger partial charge in [-0.25, -0.2) is 13.2 Å². The second-order valence-corrected chi connectivity index (χ2v) is 4.98. The molecule has 1 rings (SSSR count). The van der Waals surface area contributed by atoms with Crippen LogP contribution in [0.15, 0.2) is 12.1 Å². The fourth-order valence-corrected chi connectivity index (χ4v) is 1.77. The molecule has 0 aliphatic carbocycles. The summed E-state index contributed by atoms with van der Waals surface area (Å²) in [6, 6.07) is 1.53. The normalized spacial score (nSPS) is 13.4. The summed E-state index contributed by atoms with van der Waals surface area (Å²) in [4.78, 5) is 23.2. The third kappa shape index (κ3) is 4.45. The Morgan fingerprint density at radius 1 is 1.23 bits per heavy atom. The van der Waals surface area contributed by atoms with Gasteiger partial charge in [0, 0.05) is 0 Å². The zero-order valence-electron chi connectivity index (χ0n) is 12.2. The molecule has 0 heterocycles. The smallest absolute Gasteiger partial charge is 0.252 e. The van der Waals surface area contributed by atoms with Crippen LogP contribution >= 0.6 is 0 Å². The summed E-state index contributed by atoms with van der Waals surface area (Å²) in [5.74, 6) is -6.20. The Labute approximate surface area is 125 Å². The number of amides is 2. The summed E-state index contributed by atoms with van der Waals surface area (Å²) in [5.41, 5.74) is -2.17. The van der Waals surface area contributed by atoms with Crippen LogP contribution in [0.3, 0.4) is 0 Å². The Kier molecular flexibility index (Phi) is 5.92. The summed E-state index contributed by atoms with van der Waals surface area (Å²) in [5, 5.41) is 14.0. The number of benzene rings is 1. The van der Waals surface area contributed by atoms with Gasteiger partial charge in [0.15, 0.2) is 17.5 Å². The molecule has 1 atom stereocenters. The van der Waals surface area contributed by atoms with Crippen LogP contribution in [0.2, 0.25) is 0 Å². The highest BCUT2D eigenvalue weighted by Gasteiger charge is 2.29. The standard InChI is InChI=1S/C14H17F3N2O3/c1-3-6-14(2,22)13(21)18-7-10(20)19-9-5-4-8(15)11(16)12(9)17/h4-5,22H,3,6-7H2,1-2H3,(H,18,21)(H,19,20)/t14-/m0/s1. The molecule has 0 saturated carbocycles. The van der Waals surface area contributed by atoms with E-state index >= 15 is 0 Å². The maximum Gasteiger partial charge on any atom is 0.252 e. The molecule has 1 aromatic carbocycles. The van der Waals surface area contributed by atoms with Crippen molar-refractivity contribution in [2.45, 2.75) is 32.3 Å². The van der Waals surface area contributed by atoms with Gasteiger partial charge in [0.2, 0.25) is 5.91 Å². The van der Waals surface area contributed by atoms with E-state index in [1.165, 1.54) is 6.92 Å². The average molecular weight is 318 g/mol. The van der Waals surface area contributed by atoms with Gasteiger partial charge in [-0.05, 0) is 25.5 Å². The highest BCUT2D eigenvalue weighted by molar-refractivity contribution is 5.95. The van der Waals surface area contributed by atoms with E-state index in [2.05, 4.69) is 5.32 Å². The quantitative estimate of drug-likeness (QED) is 0.699. The summed E-state index contributed by atoms with van der Waals surface area (Å²) in [6.07, 6.45) is 0.769. The maximum absolute atomic E-state index is 13.4. The number of carbonyl (C=O) groups excluding carboxylic acids is 2. The molecule has 3 N–H and O–H groups in total. The molecule has 0 aliphatic rings.